The van der Waals surface area contributed by atoms with Gasteiger partial charge in [0.1, 0.15) is 18.1 Å². The molecular weight excluding hydrogens is 394 g/mol. The molecule has 0 aliphatic heterocycles. The number of nitro groups is 1. The maximum absolute atomic E-state index is 12.4. The summed E-state index contributed by atoms with van der Waals surface area (Å²) in [5.74, 6) is -0.530. The van der Waals surface area contributed by atoms with Crippen LogP contribution in [0.25, 0.3) is 0 Å². The number of nitrogens with one attached hydrogen (secondary N) is 1. The molecule has 0 atom stereocenters. The van der Waals surface area contributed by atoms with Crippen LogP contribution in [-0.4, -0.2) is 26.5 Å². The first-order valence-corrected chi connectivity index (χ1v) is 8.93. The number of nitro benzene ring substituents is 1. The highest BCUT2D eigenvalue weighted by molar-refractivity contribution is 6.06. The number of nitrogens with two attached hydrogens (primary N) is 1. The zero-order valence-corrected chi connectivity index (χ0v) is 16.2. The van der Waals surface area contributed by atoms with E-state index in [2.05, 4.69) is 10.4 Å². The van der Waals surface area contributed by atoms with Gasteiger partial charge in [-0.05, 0) is 38.1 Å². The number of hydrogen-bond acceptors (Lipinski definition) is 7. The minimum atomic E-state index is -0.760. The number of ether oxygens (including phenoxy) is 1. The molecule has 3 rings (SSSR count). The molecule has 3 N–H and O–H groups in total. The lowest BCUT2D eigenvalue weighted by Gasteiger charge is -2.05. The fourth-order valence-corrected chi connectivity index (χ4v) is 2.70. The number of aromatic nitrogens is 2. The summed E-state index contributed by atoms with van der Waals surface area (Å²) in [7, 11) is 0. The van der Waals surface area contributed by atoms with Gasteiger partial charge in [0.15, 0.2) is 11.5 Å². The second-order valence-electron chi connectivity index (χ2n) is 6.33. The number of furan rings is 1. The van der Waals surface area contributed by atoms with E-state index in [0.29, 0.717) is 23.6 Å². The van der Waals surface area contributed by atoms with Crippen LogP contribution in [0.4, 0.5) is 11.4 Å². The van der Waals surface area contributed by atoms with Gasteiger partial charge in [-0.1, -0.05) is 0 Å². The highest BCUT2D eigenvalue weighted by Gasteiger charge is 2.19. The van der Waals surface area contributed by atoms with Gasteiger partial charge in [-0.15, -0.1) is 0 Å². The van der Waals surface area contributed by atoms with Crippen molar-refractivity contribution in [1.29, 1.82) is 0 Å². The van der Waals surface area contributed by atoms with Crippen molar-refractivity contribution in [3.63, 3.8) is 0 Å². The van der Waals surface area contributed by atoms with Crippen molar-refractivity contribution in [2.45, 2.75) is 27.0 Å². The third-order valence-electron chi connectivity index (χ3n) is 4.20. The molecule has 0 saturated carbocycles. The lowest BCUT2D eigenvalue weighted by atomic mass is 10.2. The van der Waals surface area contributed by atoms with Crippen LogP contribution < -0.4 is 15.8 Å². The fraction of sp³-hybridized carbons (Fsp3) is 0.211. The number of hydrogen-bond donors (Lipinski definition) is 2. The van der Waals surface area contributed by atoms with E-state index >= 15 is 0 Å². The molecule has 0 saturated heterocycles. The Labute approximate surface area is 170 Å². The number of carbonyl (C=O) groups excluding carboxylic acids is 2. The lowest BCUT2D eigenvalue weighted by Crippen LogP contribution is -2.17. The Morgan fingerprint density at radius 2 is 2.10 bits per heavy atom. The zero-order valence-electron chi connectivity index (χ0n) is 16.2. The van der Waals surface area contributed by atoms with E-state index in [1.54, 1.807) is 19.1 Å². The monoisotopic (exact) mass is 413 g/mol. The standard InChI is InChI=1S/C19H19N5O6/c1-3-23-9-14(17(22-23)18(20)25)21-19(26)16-7-5-13(30-16)10-29-12-4-6-15(24(27)28)11(2)8-12/h4-9H,3,10H2,1-2H3,(H2,20,25)(H,21,26). The normalized spacial score (nSPS) is 10.6. The first-order chi connectivity index (χ1) is 14.3. The first-order valence-electron chi connectivity index (χ1n) is 8.93. The summed E-state index contributed by atoms with van der Waals surface area (Å²) in [6.07, 6.45) is 1.50. The topological polar surface area (TPSA) is 156 Å². The SMILES string of the molecule is CCn1cc(NC(=O)c2ccc(COc3ccc([N+](=O)[O-])c(C)c3)o2)c(C(N)=O)n1. The quantitative estimate of drug-likeness (QED) is 0.425. The summed E-state index contributed by atoms with van der Waals surface area (Å²) in [6.45, 7) is 3.96. The number of carbonyl (C=O) groups is 2. The van der Waals surface area contributed by atoms with Crippen molar-refractivity contribution < 1.29 is 23.7 Å². The Morgan fingerprint density at radius 1 is 1.33 bits per heavy atom. The van der Waals surface area contributed by atoms with Gasteiger partial charge in [0.05, 0.1) is 10.6 Å². The molecule has 0 spiro atoms. The van der Waals surface area contributed by atoms with Crippen molar-refractivity contribution in [2.75, 3.05) is 5.32 Å². The fourth-order valence-electron chi connectivity index (χ4n) is 2.70. The second kappa shape index (κ2) is 8.47. The molecule has 0 fully saturated rings. The number of benzene rings is 1. The van der Waals surface area contributed by atoms with Gasteiger partial charge in [-0.3, -0.25) is 24.4 Å². The maximum Gasteiger partial charge on any atom is 0.291 e. The predicted octanol–water partition coefficient (Wildman–Crippen LogP) is 2.64. The average Bonchev–Trinajstić information content (AvgIpc) is 3.33. The highest BCUT2D eigenvalue weighted by Crippen LogP contribution is 2.24. The van der Waals surface area contributed by atoms with Crippen LogP contribution in [0.3, 0.4) is 0 Å². The van der Waals surface area contributed by atoms with E-state index in [1.807, 2.05) is 6.92 Å². The summed E-state index contributed by atoms with van der Waals surface area (Å²) in [5.41, 5.74) is 5.90. The van der Waals surface area contributed by atoms with Crippen molar-refractivity contribution in [1.82, 2.24) is 9.78 Å². The Hall–Kier alpha value is -4.15. The van der Waals surface area contributed by atoms with E-state index in [1.165, 1.54) is 29.1 Å². The van der Waals surface area contributed by atoms with E-state index in [4.69, 9.17) is 14.9 Å². The molecule has 156 valence electrons. The molecule has 0 unspecified atom stereocenters. The number of amides is 2. The van der Waals surface area contributed by atoms with Crippen molar-refractivity contribution in [3.05, 3.63) is 69.4 Å². The van der Waals surface area contributed by atoms with Crippen LogP contribution in [-0.2, 0) is 13.2 Å². The van der Waals surface area contributed by atoms with Crippen LogP contribution in [0, 0.1) is 17.0 Å². The number of anilines is 1. The second-order valence-corrected chi connectivity index (χ2v) is 6.33. The van der Waals surface area contributed by atoms with E-state index in [-0.39, 0.29) is 29.4 Å². The summed E-state index contributed by atoms with van der Waals surface area (Å²) in [5, 5.41) is 17.4. The minimum Gasteiger partial charge on any atom is -0.486 e. The molecule has 30 heavy (non-hydrogen) atoms. The molecule has 0 bridgehead atoms. The van der Waals surface area contributed by atoms with Crippen molar-refractivity contribution >= 4 is 23.2 Å². The molecule has 3 aromatic rings. The smallest absolute Gasteiger partial charge is 0.291 e. The number of nitrogens with zero attached hydrogens (tertiary/aromatic N) is 3. The predicted molar refractivity (Wildman–Crippen MR) is 105 cm³/mol. The molecule has 2 heterocycles. The van der Waals surface area contributed by atoms with Crippen LogP contribution in [0.15, 0.2) is 40.9 Å². The van der Waals surface area contributed by atoms with Crippen LogP contribution >= 0.6 is 0 Å². The number of rotatable bonds is 8. The third kappa shape index (κ3) is 4.46. The van der Waals surface area contributed by atoms with Crippen LogP contribution in [0.1, 0.15) is 39.3 Å². The Morgan fingerprint density at radius 3 is 2.73 bits per heavy atom. The van der Waals surface area contributed by atoms with Crippen molar-refractivity contribution in [2.24, 2.45) is 5.73 Å². The van der Waals surface area contributed by atoms with Gasteiger partial charge in [0.2, 0.25) is 0 Å². The molecule has 0 aliphatic rings. The summed E-state index contributed by atoms with van der Waals surface area (Å²) in [4.78, 5) is 34.3. The largest absolute Gasteiger partial charge is 0.486 e. The van der Waals surface area contributed by atoms with Gasteiger partial charge >= 0.3 is 0 Å². The molecule has 11 heteroatoms. The zero-order chi connectivity index (χ0) is 21.8. The van der Waals surface area contributed by atoms with E-state index < -0.39 is 16.7 Å². The number of primary amides is 1. The highest BCUT2D eigenvalue weighted by atomic mass is 16.6. The summed E-state index contributed by atoms with van der Waals surface area (Å²) < 4.78 is 12.5. The first kappa shape index (κ1) is 20.6. The molecule has 0 radical (unpaired) electrons. The average molecular weight is 413 g/mol. The Bertz CT molecular complexity index is 1120. The molecular formula is C19H19N5O6. The summed E-state index contributed by atoms with van der Waals surface area (Å²) >= 11 is 0. The van der Waals surface area contributed by atoms with Gasteiger partial charge in [-0.2, -0.15) is 5.10 Å². The Kier molecular flexibility index (Phi) is 5.81. The maximum atomic E-state index is 12.4. The van der Waals surface area contributed by atoms with E-state index in [9.17, 15) is 19.7 Å². The van der Waals surface area contributed by atoms with Crippen molar-refractivity contribution in [3.8, 4) is 5.75 Å². The number of aryl methyl sites for hydroxylation is 2. The van der Waals surface area contributed by atoms with Gasteiger partial charge < -0.3 is 20.2 Å². The molecule has 11 nitrogen and oxygen atoms in total. The van der Waals surface area contributed by atoms with E-state index in [0.717, 1.165) is 0 Å². The minimum absolute atomic E-state index is 0.000955. The third-order valence-corrected chi connectivity index (χ3v) is 4.20. The molecule has 1 aromatic carbocycles. The van der Waals surface area contributed by atoms with Gasteiger partial charge in [0.25, 0.3) is 17.5 Å². The molecule has 2 aromatic heterocycles. The lowest BCUT2D eigenvalue weighted by molar-refractivity contribution is -0.385. The summed E-state index contributed by atoms with van der Waals surface area (Å²) in [6, 6.07) is 7.42. The van der Waals surface area contributed by atoms with Crippen LogP contribution in [0.2, 0.25) is 0 Å². The van der Waals surface area contributed by atoms with Crippen LogP contribution in [0.5, 0.6) is 5.75 Å². The van der Waals surface area contributed by atoms with Gasteiger partial charge in [-0.25, -0.2) is 0 Å². The Balaban J connectivity index is 1.66. The molecule has 2 amide bonds. The molecule has 0 aliphatic carbocycles. The van der Waals surface area contributed by atoms with Gasteiger partial charge in [0, 0.05) is 24.4 Å².